The fourth-order valence-corrected chi connectivity index (χ4v) is 4.18. The lowest BCUT2D eigenvalue weighted by Gasteiger charge is -2.34. The van der Waals surface area contributed by atoms with Crippen molar-refractivity contribution in [1.29, 1.82) is 5.26 Å². The first-order valence-electron chi connectivity index (χ1n) is 12.9. The molecule has 38 heavy (non-hydrogen) atoms. The lowest BCUT2D eigenvalue weighted by molar-refractivity contribution is -0.142. The lowest BCUT2D eigenvalue weighted by atomic mass is 9.95. The SMILES string of the molecule is Cc1ccc(C(C(=O)NCc2ccccc2)N(CC#N)C(=O)C(CC(C)C)NC(=O)OC(C)(C)C)c(C)c1. The quantitative estimate of drug-likeness (QED) is 0.431. The van der Waals surface area contributed by atoms with E-state index in [0.717, 1.165) is 16.7 Å². The minimum absolute atomic E-state index is 0.0503. The van der Waals surface area contributed by atoms with Crippen LogP contribution in [0, 0.1) is 31.1 Å². The zero-order valence-corrected chi connectivity index (χ0v) is 23.5. The molecule has 2 aromatic rings. The van der Waals surface area contributed by atoms with Gasteiger partial charge in [-0.15, -0.1) is 0 Å². The van der Waals surface area contributed by atoms with Gasteiger partial charge in [0.1, 0.15) is 24.2 Å². The van der Waals surface area contributed by atoms with Gasteiger partial charge >= 0.3 is 6.09 Å². The van der Waals surface area contributed by atoms with Crippen molar-refractivity contribution in [3.05, 3.63) is 70.8 Å². The molecular weight excluding hydrogens is 480 g/mol. The molecule has 2 unspecified atom stereocenters. The Kier molecular flexibility index (Phi) is 10.9. The number of nitrogens with one attached hydrogen (secondary N) is 2. The van der Waals surface area contributed by atoms with E-state index in [4.69, 9.17) is 4.74 Å². The minimum Gasteiger partial charge on any atom is -0.444 e. The molecule has 2 rings (SSSR count). The second kappa shape index (κ2) is 13.6. The van der Waals surface area contributed by atoms with Crippen molar-refractivity contribution < 1.29 is 19.1 Å². The second-order valence-corrected chi connectivity index (χ2v) is 10.9. The second-order valence-electron chi connectivity index (χ2n) is 10.9. The van der Waals surface area contributed by atoms with Gasteiger partial charge in [0.25, 0.3) is 0 Å². The predicted molar refractivity (Wildman–Crippen MR) is 147 cm³/mol. The standard InChI is InChI=1S/C30H40N4O4/c1-20(2)17-25(33-29(37)38-30(5,6)7)28(36)34(16-15-31)26(24-14-13-21(3)18-22(24)4)27(35)32-19-23-11-9-8-10-12-23/h8-14,18,20,25-26H,16-17,19H2,1-7H3,(H,32,35)(H,33,37). The Bertz CT molecular complexity index is 1150. The molecule has 0 bridgehead atoms. The van der Waals surface area contributed by atoms with Gasteiger partial charge in [0.05, 0.1) is 6.07 Å². The van der Waals surface area contributed by atoms with Crippen molar-refractivity contribution in [3.63, 3.8) is 0 Å². The maximum absolute atomic E-state index is 14.0. The molecule has 0 aliphatic heterocycles. The zero-order valence-electron chi connectivity index (χ0n) is 23.5. The van der Waals surface area contributed by atoms with Crippen molar-refractivity contribution >= 4 is 17.9 Å². The van der Waals surface area contributed by atoms with Crippen LogP contribution in [0.2, 0.25) is 0 Å². The topological polar surface area (TPSA) is 112 Å². The average molecular weight is 521 g/mol. The van der Waals surface area contributed by atoms with E-state index in [1.165, 1.54) is 4.90 Å². The number of carbonyl (C=O) groups is 3. The Morgan fingerprint density at radius 1 is 1.05 bits per heavy atom. The van der Waals surface area contributed by atoms with Gasteiger partial charge in [-0.3, -0.25) is 9.59 Å². The molecule has 0 aliphatic rings. The molecule has 3 amide bonds. The molecule has 0 heterocycles. The van der Waals surface area contributed by atoms with Crippen LogP contribution in [0.3, 0.4) is 0 Å². The summed E-state index contributed by atoms with van der Waals surface area (Å²) in [6.07, 6.45) is -0.421. The number of benzene rings is 2. The number of nitrogens with zero attached hydrogens (tertiary/aromatic N) is 2. The monoisotopic (exact) mass is 520 g/mol. The molecule has 0 saturated carbocycles. The number of hydrogen-bond acceptors (Lipinski definition) is 5. The van der Waals surface area contributed by atoms with Crippen molar-refractivity contribution in [1.82, 2.24) is 15.5 Å². The van der Waals surface area contributed by atoms with Crippen molar-refractivity contribution in [3.8, 4) is 6.07 Å². The number of hydrogen-bond donors (Lipinski definition) is 2. The maximum atomic E-state index is 14.0. The van der Waals surface area contributed by atoms with Crippen molar-refractivity contribution in [2.45, 2.75) is 79.1 Å². The number of ether oxygens (including phenoxy) is 1. The Balaban J connectivity index is 2.48. The summed E-state index contributed by atoms with van der Waals surface area (Å²) in [5.41, 5.74) is 2.60. The van der Waals surface area contributed by atoms with E-state index >= 15 is 0 Å². The molecule has 0 spiro atoms. The van der Waals surface area contributed by atoms with Crippen LogP contribution < -0.4 is 10.6 Å². The average Bonchev–Trinajstić information content (AvgIpc) is 2.82. The largest absolute Gasteiger partial charge is 0.444 e. The van der Waals surface area contributed by atoms with Crippen LogP contribution >= 0.6 is 0 Å². The smallest absolute Gasteiger partial charge is 0.408 e. The lowest BCUT2D eigenvalue weighted by Crippen LogP contribution is -2.53. The van der Waals surface area contributed by atoms with Crippen LogP contribution in [0.25, 0.3) is 0 Å². The van der Waals surface area contributed by atoms with Gasteiger partial charge < -0.3 is 20.3 Å². The van der Waals surface area contributed by atoms with Gasteiger partial charge in [-0.1, -0.05) is 67.9 Å². The van der Waals surface area contributed by atoms with E-state index in [0.29, 0.717) is 12.0 Å². The molecule has 204 valence electrons. The molecule has 2 atom stereocenters. The van der Waals surface area contributed by atoms with Gasteiger partial charge in [0.15, 0.2) is 0 Å². The number of rotatable bonds is 10. The number of carbonyl (C=O) groups excluding carboxylic acids is 3. The summed E-state index contributed by atoms with van der Waals surface area (Å²) in [4.78, 5) is 41.5. The number of aryl methyl sites for hydroxylation is 2. The Hall–Kier alpha value is -3.86. The van der Waals surface area contributed by atoms with E-state index < -0.39 is 35.6 Å². The molecule has 0 aliphatic carbocycles. The summed E-state index contributed by atoms with van der Waals surface area (Å²) in [7, 11) is 0. The third-order valence-electron chi connectivity index (χ3n) is 5.81. The maximum Gasteiger partial charge on any atom is 0.408 e. The van der Waals surface area contributed by atoms with Gasteiger partial charge in [-0.25, -0.2) is 4.79 Å². The van der Waals surface area contributed by atoms with E-state index in [1.807, 2.05) is 82.3 Å². The third-order valence-corrected chi connectivity index (χ3v) is 5.81. The van der Waals surface area contributed by atoms with Crippen LogP contribution in [0.15, 0.2) is 48.5 Å². The summed E-state index contributed by atoms with van der Waals surface area (Å²) in [6.45, 7) is 12.8. The van der Waals surface area contributed by atoms with Crippen LogP contribution in [-0.2, 0) is 20.9 Å². The highest BCUT2D eigenvalue weighted by Gasteiger charge is 2.37. The number of nitriles is 1. The van der Waals surface area contributed by atoms with Crippen LogP contribution in [0.4, 0.5) is 4.79 Å². The van der Waals surface area contributed by atoms with Crippen LogP contribution in [0.5, 0.6) is 0 Å². The highest BCUT2D eigenvalue weighted by Crippen LogP contribution is 2.27. The molecule has 2 aromatic carbocycles. The van der Waals surface area contributed by atoms with Crippen molar-refractivity contribution in [2.24, 2.45) is 5.92 Å². The molecule has 0 saturated heterocycles. The molecule has 2 N–H and O–H groups in total. The zero-order chi connectivity index (χ0) is 28.5. The van der Waals surface area contributed by atoms with Gasteiger partial charge in [0, 0.05) is 6.54 Å². The van der Waals surface area contributed by atoms with Gasteiger partial charge in [-0.2, -0.15) is 5.26 Å². The normalized spacial score (nSPS) is 12.7. The molecule has 8 nitrogen and oxygen atoms in total. The van der Waals surface area contributed by atoms with Gasteiger partial charge in [-0.05, 0) is 63.6 Å². The first-order chi connectivity index (χ1) is 17.8. The summed E-state index contributed by atoms with van der Waals surface area (Å²) in [6, 6.07) is 15.1. The van der Waals surface area contributed by atoms with E-state index in [1.54, 1.807) is 20.8 Å². The summed E-state index contributed by atoms with van der Waals surface area (Å²) < 4.78 is 5.39. The molecular formula is C30H40N4O4. The van der Waals surface area contributed by atoms with Crippen molar-refractivity contribution in [2.75, 3.05) is 6.54 Å². The molecule has 0 aromatic heterocycles. The fraction of sp³-hybridized carbons (Fsp3) is 0.467. The first-order valence-corrected chi connectivity index (χ1v) is 12.9. The predicted octanol–water partition coefficient (Wildman–Crippen LogP) is 4.95. The molecule has 8 heteroatoms. The van der Waals surface area contributed by atoms with E-state index in [9.17, 15) is 19.6 Å². The Labute approximate surface area is 226 Å². The van der Waals surface area contributed by atoms with Crippen LogP contribution in [-0.4, -0.2) is 41.0 Å². The number of alkyl carbamates (subject to hydrolysis) is 1. The third kappa shape index (κ3) is 9.22. The minimum atomic E-state index is -1.07. The van der Waals surface area contributed by atoms with Crippen LogP contribution in [0.1, 0.15) is 69.3 Å². The Morgan fingerprint density at radius 3 is 2.26 bits per heavy atom. The van der Waals surface area contributed by atoms with Gasteiger partial charge in [0.2, 0.25) is 11.8 Å². The van der Waals surface area contributed by atoms with E-state index in [2.05, 4.69) is 10.6 Å². The Morgan fingerprint density at radius 2 is 1.71 bits per heavy atom. The summed E-state index contributed by atoms with van der Waals surface area (Å²) in [5.74, 6) is -0.884. The summed E-state index contributed by atoms with van der Waals surface area (Å²) >= 11 is 0. The molecule has 0 radical (unpaired) electrons. The first kappa shape index (κ1) is 30.4. The van der Waals surface area contributed by atoms with E-state index in [-0.39, 0.29) is 19.0 Å². The highest BCUT2D eigenvalue weighted by molar-refractivity contribution is 5.92. The molecule has 0 fully saturated rings. The fourth-order valence-electron chi connectivity index (χ4n) is 4.18. The highest BCUT2D eigenvalue weighted by atomic mass is 16.6. The number of amides is 3. The summed E-state index contributed by atoms with van der Waals surface area (Å²) in [5, 5.41) is 15.3.